The van der Waals surface area contributed by atoms with Gasteiger partial charge in [-0.25, -0.2) is 0 Å². The number of rotatable bonds is 6. The van der Waals surface area contributed by atoms with Gasteiger partial charge >= 0.3 is 5.97 Å². The van der Waals surface area contributed by atoms with Crippen molar-refractivity contribution in [3.8, 4) is 17.2 Å². The Balaban J connectivity index is 1.99. The number of aliphatic carboxylic acids is 1. The number of ether oxygens (including phenoxy) is 2. The zero-order valence-electron chi connectivity index (χ0n) is 11.7. The van der Waals surface area contributed by atoms with Crippen LogP contribution in [0.15, 0.2) is 48.5 Å². The minimum absolute atomic E-state index is 0.290. The van der Waals surface area contributed by atoms with E-state index < -0.39 is 12.0 Å². The van der Waals surface area contributed by atoms with Gasteiger partial charge in [0.05, 0.1) is 7.11 Å². The summed E-state index contributed by atoms with van der Waals surface area (Å²) < 4.78 is 10.8. The number of hydrogen-bond acceptors (Lipinski definition) is 4. The van der Waals surface area contributed by atoms with Gasteiger partial charge in [0, 0.05) is 0 Å². The first-order valence-electron chi connectivity index (χ1n) is 6.47. The Hall–Kier alpha value is -2.53. The van der Waals surface area contributed by atoms with Crippen LogP contribution in [0.3, 0.4) is 0 Å². The molecule has 0 amide bonds. The molecule has 110 valence electrons. The highest BCUT2D eigenvalue weighted by Gasteiger charge is 2.11. The molecule has 2 aromatic rings. The summed E-state index contributed by atoms with van der Waals surface area (Å²) >= 11 is 0. The van der Waals surface area contributed by atoms with E-state index in [0.29, 0.717) is 11.5 Å². The third kappa shape index (κ3) is 4.22. The summed E-state index contributed by atoms with van der Waals surface area (Å²) in [7, 11) is 1.61. The van der Waals surface area contributed by atoms with Crippen molar-refractivity contribution >= 4 is 5.97 Å². The highest BCUT2D eigenvalue weighted by atomic mass is 16.5. The maximum Gasteiger partial charge on any atom is 0.320 e. The average molecular weight is 287 g/mol. The summed E-state index contributed by atoms with van der Waals surface area (Å²) in [5.74, 6) is 1.13. The van der Waals surface area contributed by atoms with Gasteiger partial charge in [-0.3, -0.25) is 4.79 Å². The molecule has 5 nitrogen and oxygen atoms in total. The summed E-state index contributed by atoms with van der Waals surface area (Å²) in [6.45, 7) is 0. The molecule has 0 aliphatic heterocycles. The van der Waals surface area contributed by atoms with E-state index in [0.717, 1.165) is 11.3 Å². The lowest BCUT2D eigenvalue weighted by Crippen LogP contribution is -2.32. The summed E-state index contributed by atoms with van der Waals surface area (Å²) in [6.07, 6.45) is 0.290. The maximum absolute atomic E-state index is 10.7. The molecule has 0 bridgehead atoms. The van der Waals surface area contributed by atoms with Crippen molar-refractivity contribution in [1.29, 1.82) is 0 Å². The predicted molar refractivity (Wildman–Crippen MR) is 78.8 cm³/mol. The van der Waals surface area contributed by atoms with Gasteiger partial charge in [-0.15, -0.1) is 0 Å². The van der Waals surface area contributed by atoms with Gasteiger partial charge in [-0.2, -0.15) is 0 Å². The smallest absolute Gasteiger partial charge is 0.320 e. The number of nitrogens with two attached hydrogens (primary N) is 1. The average Bonchev–Trinajstić information content (AvgIpc) is 2.50. The molecule has 0 aromatic heterocycles. The standard InChI is InChI=1S/C16H17NO4/c1-20-12-6-8-14(9-7-12)21-13-4-2-11(3-5-13)10-15(17)16(18)19/h2-9,15H,10,17H2,1H3,(H,18,19). The van der Waals surface area contributed by atoms with E-state index >= 15 is 0 Å². The summed E-state index contributed by atoms with van der Waals surface area (Å²) in [5, 5.41) is 8.78. The fraction of sp³-hybridized carbons (Fsp3) is 0.188. The second-order valence-corrected chi connectivity index (χ2v) is 4.57. The van der Waals surface area contributed by atoms with Gasteiger partial charge < -0.3 is 20.3 Å². The van der Waals surface area contributed by atoms with Crippen LogP contribution in [0.5, 0.6) is 17.2 Å². The van der Waals surface area contributed by atoms with E-state index in [9.17, 15) is 4.79 Å². The Morgan fingerprint density at radius 3 is 2.00 bits per heavy atom. The zero-order valence-corrected chi connectivity index (χ0v) is 11.7. The van der Waals surface area contributed by atoms with Crippen LogP contribution >= 0.6 is 0 Å². The van der Waals surface area contributed by atoms with E-state index in [2.05, 4.69) is 0 Å². The third-order valence-corrected chi connectivity index (χ3v) is 2.99. The molecule has 0 radical (unpaired) electrons. The molecule has 0 saturated carbocycles. The van der Waals surface area contributed by atoms with E-state index in [1.807, 2.05) is 36.4 Å². The van der Waals surface area contributed by atoms with Gasteiger partial charge in [0.2, 0.25) is 0 Å². The van der Waals surface area contributed by atoms with E-state index in [4.69, 9.17) is 20.3 Å². The van der Waals surface area contributed by atoms with Crippen molar-refractivity contribution in [3.05, 3.63) is 54.1 Å². The summed E-state index contributed by atoms with van der Waals surface area (Å²) in [4.78, 5) is 10.7. The van der Waals surface area contributed by atoms with Crippen LogP contribution in [-0.4, -0.2) is 24.2 Å². The molecule has 0 saturated heterocycles. The molecule has 0 spiro atoms. The molecular weight excluding hydrogens is 270 g/mol. The number of carbonyl (C=O) groups is 1. The fourth-order valence-electron chi connectivity index (χ4n) is 1.81. The van der Waals surface area contributed by atoms with Crippen molar-refractivity contribution in [2.75, 3.05) is 7.11 Å². The van der Waals surface area contributed by atoms with Crippen LogP contribution in [0.1, 0.15) is 5.56 Å². The quantitative estimate of drug-likeness (QED) is 0.852. The monoisotopic (exact) mass is 287 g/mol. The number of hydrogen-bond donors (Lipinski definition) is 2. The fourth-order valence-corrected chi connectivity index (χ4v) is 1.81. The van der Waals surface area contributed by atoms with Gasteiger partial charge in [-0.05, 0) is 48.4 Å². The largest absolute Gasteiger partial charge is 0.497 e. The van der Waals surface area contributed by atoms with Crippen LogP contribution in [0.4, 0.5) is 0 Å². The Bertz CT molecular complexity index is 593. The molecule has 1 atom stereocenters. The van der Waals surface area contributed by atoms with Crippen LogP contribution in [-0.2, 0) is 11.2 Å². The van der Waals surface area contributed by atoms with E-state index in [1.165, 1.54) is 0 Å². The zero-order chi connectivity index (χ0) is 15.2. The lowest BCUT2D eigenvalue weighted by Gasteiger charge is -2.09. The molecule has 2 rings (SSSR count). The number of carboxylic acid groups (broad SMARTS) is 1. The molecule has 21 heavy (non-hydrogen) atoms. The predicted octanol–water partition coefficient (Wildman–Crippen LogP) is 2.44. The lowest BCUT2D eigenvalue weighted by molar-refractivity contribution is -0.138. The molecule has 3 N–H and O–H groups in total. The van der Waals surface area contributed by atoms with E-state index in [-0.39, 0.29) is 6.42 Å². The van der Waals surface area contributed by atoms with Crippen molar-refractivity contribution in [2.24, 2.45) is 5.73 Å². The number of methoxy groups -OCH3 is 1. The molecule has 0 heterocycles. The van der Waals surface area contributed by atoms with Crippen LogP contribution in [0.25, 0.3) is 0 Å². The van der Waals surface area contributed by atoms with Gasteiger partial charge in [0.15, 0.2) is 0 Å². The van der Waals surface area contributed by atoms with Gasteiger partial charge in [0.1, 0.15) is 23.3 Å². The number of carboxylic acids is 1. The first-order chi connectivity index (χ1) is 10.1. The second-order valence-electron chi connectivity index (χ2n) is 4.57. The molecule has 0 aliphatic rings. The second kappa shape index (κ2) is 6.76. The highest BCUT2D eigenvalue weighted by Crippen LogP contribution is 2.24. The molecule has 0 fully saturated rings. The Kier molecular flexibility index (Phi) is 4.79. The van der Waals surface area contributed by atoms with Gasteiger partial charge in [0.25, 0.3) is 0 Å². The molecule has 0 aliphatic carbocycles. The first-order valence-corrected chi connectivity index (χ1v) is 6.47. The summed E-state index contributed by atoms with van der Waals surface area (Å²) in [6, 6.07) is 13.6. The first kappa shape index (κ1) is 14.9. The Labute approximate surface area is 122 Å². The lowest BCUT2D eigenvalue weighted by atomic mass is 10.1. The van der Waals surface area contributed by atoms with Gasteiger partial charge in [-0.1, -0.05) is 12.1 Å². The summed E-state index contributed by atoms with van der Waals surface area (Å²) in [5.41, 5.74) is 6.35. The highest BCUT2D eigenvalue weighted by molar-refractivity contribution is 5.73. The third-order valence-electron chi connectivity index (χ3n) is 2.99. The Morgan fingerprint density at radius 2 is 1.52 bits per heavy atom. The normalized spacial score (nSPS) is 11.7. The number of benzene rings is 2. The minimum Gasteiger partial charge on any atom is -0.497 e. The Morgan fingerprint density at radius 1 is 1.05 bits per heavy atom. The van der Waals surface area contributed by atoms with E-state index in [1.54, 1.807) is 19.2 Å². The van der Waals surface area contributed by atoms with Crippen molar-refractivity contribution in [1.82, 2.24) is 0 Å². The van der Waals surface area contributed by atoms with Crippen molar-refractivity contribution < 1.29 is 19.4 Å². The topological polar surface area (TPSA) is 81.8 Å². The maximum atomic E-state index is 10.7. The van der Waals surface area contributed by atoms with Crippen LogP contribution in [0.2, 0.25) is 0 Å². The minimum atomic E-state index is -1.01. The molecule has 2 aromatic carbocycles. The van der Waals surface area contributed by atoms with Crippen molar-refractivity contribution in [2.45, 2.75) is 12.5 Å². The van der Waals surface area contributed by atoms with Crippen LogP contribution in [0, 0.1) is 0 Å². The van der Waals surface area contributed by atoms with Crippen LogP contribution < -0.4 is 15.2 Å². The molecule has 5 heteroatoms. The molecular formula is C16H17NO4. The van der Waals surface area contributed by atoms with Crippen molar-refractivity contribution in [3.63, 3.8) is 0 Å². The molecule has 1 unspecified atom stereocenters. The SMILES string of the molecule is COc1ccc(Oc2ccc(CC(N)C(=O)O)cc2)cc1.